The van der Waals surface area contributed by atoms with Crippen LogP contribution in [0.2, 0.25) is 0 Å². The quantitative estimate of drug-likeness (QED) is 0.254. The number of benzene rings is 1. The summed E-state index contributed by atoms with van der Waals surface area (Å²) < 4.78 is 2.47. The summed E-state index contributed by atoms with van der Waals surface area (Å²) >= 11 is 11.1. The van der Waals surface area contributed by atoms with E-state index in [0.29, 0.717) is 4.83 Å². The summed E-state index contributed by atoms with van der Waals surface area (Å²) in [5.41, 5.74) is 2.72. The molecule has 0 aromatic heterocycles. The second-order valence-corrected chi connectivity index (χ2v) is 8.53. The van der Waals surface area contributed by atoms with E-state index >= 15 is 0 Å². The highest BCUT2D eigenvalue weighted by molar-refractivity contribution is 9.11. The van der Waals surface area contributed by atoms with Crippen molar-refractivity contribution in [3.05, 3.63) is 32.2 Å². The first kappa shape index (κ1) is 18.7. The Kier molecular flexibility index (Phi) is 9.73. The fraction of sp³-hybridized carbons (Fsp3) is 0.647. The third-order valence-corrected chi connectivity index (χ3v) is 5.60. The second-order valence-electron chi connectivity index (χ2n) is 5.45. The molecule has 0 radical (unpaired) electrons. The van der Waals surface area contributed by atoms with E-state index in [1.165, 1.54) is 65.0 Å². The van der Waals surface area contributed by atoms with Crippen LogP contribution < -0.4 is 0 Å². The SMILES string of the molecule is CCCCCCCCCc1c(Br)cc(C(C)Br)cc1Br. The Bertz CT molecular complexity index is 376. The van der Waals surface area contributed by atoms with Gasteiger partial charge in [-0.3, -0.25) is 0 Å². The number of hydrogen-bond donors (Lipinski definition) is 0. The third-order valence-electron chi connectivity index (χ3n) is 3.65. The molecule has 114 valence electrons. The van der Waals surface area contributed by atoms with Gasteiger partial charge in [0.15, 0.2) is 0 Å². The van der Waals surface area contributed by atoms with Crippen molar-refractivity contribution < 1.29 is 0 Å². The van der Waals surface area contributed by atoms with Crippen molar-refractivity contribution in [3.63, 3.8) is 0 Å². The maximum atomic E-state index is 3.72. The van der Waals surface area contributed by atoms with E-state index in [2.05, 4.69) is 73.8 Å². The maximum absolute atomic E-state index is 3.72. The molecule has 20 heavy (non-hydrogen) atoms. The van der Waals surface area contributed by atoms with Crippen LogP contribution >= 0.6 is 47.8 Å². The van der Waals surface area contributed by atoms with Gasteiger partial charge < -0.3 is 0 Å². The minimum atomic E-state index is 0.391. The summed E-state index contributed by atoms with van der Waals surface area (Å²) in [4.78, 5) is 0.391. The Labute approximate surface area is 149 Å². The minimum absolute atomic E-state index is 0.391. The molecule has 1 atom stereocenters. The summed E-state index contributed by atoms with van der Waals surface area (Å²) in [6.07, 6.45) is 10.7. The van der Waals surface area contributed by atoms with Crippen molar-refractivity contribution in [2.24, 2.45) is 0 Å². The summed E-state index contributed by atoms with van der Waals surface area (Å²) in [5, 5.41) is 0. The Morgan fingerprint density at radius 1 is 0.900 bits per heavy atom. The summed E-state index contributed by atoms with van der Waals surface area (Å²) in [5.74, 6) is 0. The topological polar surface area (TPSA) is 0 Å². The van der Waals surface area contributed by atoms with Gasteiger partial charge in [-0.2, -0.15) is 0 Å². The van der Waals surface area contributed by atoms with Gasteiger partial charge in [-0.25, -0.2) is 0 Å². The fourth-order valence-corrected chi connectivity index (χ4v) is 4.23. The predicted octanol–water partition coefficient (Wildman–Crippen LogP) is 7.96. The van der Waals surface area contributed by atoms with Crippen LogP contribution in [0.4, 0.5) is 0 Å². The van der Waals surface area contributed by atoms with Crippen LogP contribution in [0.1, 0.15) is 74.7 Å². The number of unbranched alkanes of at least 4 members (excludes halogenated alkanes) is 6. The zero-order valence-corrected chi connectivity index (χ0v) is 17.3. The van der Waals surface area contributed by atoms with Crippen molar-refractivity contribution in [3.8, 4) is 0 Å². The van der Waals surface area contributed by atoms with E-state index in [1.807, 2.05) is 0 Å². The average molecular weight is 469 g/mol. The molecule has 0 heterocycles. The monoisotopic (exact) mass is 466 g/mol. The number of alkyl halides is 1. The van der Waals surface area contributed by atoms with Crippen molar-refractivity contribution >= 4 is 47.8 Å². The molecule has 0 aliphatic heterocycles. The van der Waals surface area contributed by atoms with Crippen LogP contribution in [0.15, 0.2) is 21.1 Å². The lowest BCUT2D eigenvalue weighted by atomic mass is 10.0. The minimum Gasteiger partial charge on any atom is -0.0842 e. The third kappa shape index (κ3) is 6.62. The predicted molar refractivity (Wildman–Crippen MR) is 101 cm³/mol. The zero-order valence-electron chi connectivity index (χ0n) is 12.5. The largest absolute Gasteiger partial charge is 0.0842 e. The molecular weight excluding hydrogens is 444 g/mol. The Hall–Kier alpha value is 0.660. The van der Waals surface area contributed by atoms with E-state index < -0.39 is 0 Å². The highest BCUT2D eigenvalue weighted by atomic mass is 79.9. The molecule has 0 nitrogen and oxygen atoms in total. The number of rotatable bonds is 9. The van der Waals surface area contributed by atoms with Crippen LogP contribution in [-0.2, 0) is 6.42 Å². The average Bonchev–Trinajstić information content (AvgIpc) is 2.40. The normalized spacial score (nSPS) is 12.7. The molecule has 3 heteroatoms. The van der Waals surface area contributed by atoms with Crippen molar-refractivity contribution in [2.75, 3.05) is 0 Å². The molecule has 0 spiro atoms. The molecule has 0 fully saturated rings. The van der Waals surface area contributed by atoms with Crippen LogP contribution in [0.3, 0.4) is 0 Å². The van der Waals surface area contributed by atoms with Gasteiger partial charge in [0.25, 0.3) is 0 Å². The van der Waals surface area contributed by atoms with Gasteiger partial charge in [0, 0.05) is 13.8 Å². The molecule has 0 N–H and O–H groups in total. The first-order valence-corrected chi connectivity index (χ1v) is 10.2. The van der Waals surface area contributed by atoms with Crippen molar-refractivity contribution in [1.29, 1.82) is 0 Å². The van der Waals surface area contributed by atoms with Gasteiger partial charge >= 0.3 is 0 Å². The Morgan fingerprint density at radius 2 is 1.40 bits per heavy atom. The molecule has 0 aliphatic carbocycles. The van der Waals surface area contributed by atoms with E-state index in [9.17, 15) is 0 Å². The van der Waals surface area contributed by atoms with Crippen LogP contribution in [0.5, 0.6) is 0 Å². The van der Waals surface area contributed by atoms with Crippen LogP contribution in [0.25, 0.3) is 0 Å². The maximum Gasteiger partial charge on any atom is 0.0367 e. The zero-order chi connectivity index (χ0) is 15.0. The lowest BCUT2D eigenvalue weighted by molar-refractivity contribution is 0.589. The molecular formula is C17H25Br3. The molecule has 0 bridgehead atoms. The van der Waals surface area contributed by atoms with Crippen molar-refractivity contribution in [2.45, 2.75) is 70.0 Å². The van der Waals surface area contributed by atoms with Crippen LogP contribution in [-0.4, -0.2) is 0 Å². The number of hydrogen-bond acceptors (Lipinski definition) is 0. The molecule has 0 amide bonds. The van der Waals surface area contributed by atoms with Gasteiger partial charge in [-0.05, 0) is 43.0 Å². The van der Waals surface area contributed by atoms with Gasteiger partial charge in [-0.15, -0.1) is 0 Å². The Morgan fingerprint density at radius 3 is 1.90 bits per heavy atom. The van der Waals surface area contributed by atoms with Gasteiger partial charge in [0.1, 0.15) is 0 Å². The molecule has 0 saturated carbocycles. The lowest BCUT2D eigenvalue weighted by Gasteiger charge is -2.12. The second kappa shape index (κ2) is 10.4. The Balaban J connectivity index is 2.40. The smallest absolute Gasteiger partial charge is 0.0367 e. The molecule has 0 saturated heterocycles. The van der Waals surface area contributed by atoms with E-state index in [-0.39, 0.29) is 0 Å². The molecule has 1 aromatic rings. The van der Waals surface area contributed by atoms with Crippen LogP contribution in [0, 0.1) is 0 Å². The first-order chi connectivity index (χ1) is 9.56. The molecule has 1 aromatic carbocycles. The highest BCUT2D eigenvalue weighted by Gasteiger charge is 2.10. The first-order valence-electron chi connectivity index (χ1n) is 7.68. The highest BCUT2D eigenvalue weighted by Crippen LogP contribution is 2.33. The fourth-order valence-electron chi connectivity index (χ4n) is 2.35. The van der Waals surface area contributed by atoms with Crippen molar-refractivity contribution in [1.82, 2.24) is 0 Å². The van der Waals surface area contributed by atoms with Gasteiger partial charge in [0.05, 0.1) is 0 Å². The van der Waals surface area contributed by atoms with E-state index in [4.69, 9.17) is 0 Å². The molecule has 0 aliphatic rings. The molecule has 1 rings (SSSR count). The standard InChI is InChI=1S/C17H25Br3/c1-3-4-5-6-7-8-9-10-15-16(19)11-14(13(2)18)12-17(15)20/h11-13H,3-10H2,1-2H3. The summed E-state index contributed by atoms with van der Waals surface area (Å²) in [7, 11) is 0. The lowest BCUT2D eigenvalue weighted by Crippen LogP contribution is -1.93. The van der Waals surface area contributed by atoms with Gasteiger partial charge in [-0.1, -0.05) is 93.2 Å². The summed E-state index contributed by atoms with van der Waals surface area (Å²) in [6.45, 7) is 4.43. The molecule has 1 unspecified atom stereocenters. The van der Waals surface area contributed by atoms with E-state index in [1.54, 1.807) is 0 Å². The van der Waals surface area contributed by atoms with E-state index in [0.717, 1.165) is 6.42 Å². The summed E-state index contributed by atoms with van der Waals surface area (Å²) in [6, 6.07) is 4.47. The number of halogens is 3. The van der Waals surface area contributed by atoms with Gasteiger partial charge in [0.2, 0.25) is 0 Å².